The van der Waals surface area contributed by atoms with Crippen LogP contribution in [-0.2, 0) is 11.3 Å². The van der Waals surface area contributed by atoms with Crippen LogP contribution in [0.15, 0.2) is 29.0 Å². The normalized spacial score (nSPS) is 19.4. The smallest absolute Gasteiger partial charge is 0.273 e. The molecule has 1 saturated heterocycles. The van der Waals surface area contributed by atoms with E-state index in [1.807, 2.05) is 6.08 Å². The van der Waals surface area contributed by atoms with Crippen molar-refractivity contribution in [2.45, 2.75) is 39.7 Å². The van der Waals surface area contributed by atoms with Gasteiger partial charge in [0.1, 0.15) is 11.4 Å². The van der Waals surface area contributed by atoms with Crippen LogP contribution in [0.2, 0.25) is 0 Å². The summed E-state index contributed by atoms with van der Waals surface area (Å²) in [5, 5.41) is 12.1. The number of hydrogen-bond donors (Lipinski definition) is 2. The molecule has 2 aromatic heterocycles. The molecule has 0 bridgehead atoms. The molecule has 7 nitrogen and oxygen atoms in total. The van der Waals surface area contributed by atoms with Gasteiger partial charge < -0.3 is 4.98 Å². The van der Waals surface area contributed by atoms with E-state index in [4.69, 9.17) is 0 Å². The molecule has 0 atom stereocenters. The van der Waals surface area contributed by atoms with Crippen molar-refractivity contribution in [1.82, 2.24) is 25.5 Å². The highest BCUT2D eigenvalue weighted by Crippen LogP contribution is 2.25. The molecule has 0 aromatic carbocycles. The molecule has 7 heteroatoms. The van der Waals surface area contributed by atoms with Crippen LogP contribution in [0.1, 0.15) is 47.5 Å². The van der Waals surface area contributed by atoms with E-state index in [2.05, 4.69) is 44.5 Å². The van der Waals surface area contributed by atoms with Gasteiger partial charge in [-0.1, -0.05) is 6.42 Å². The third-order valence-corrected chi connectivity index (χ3v) is 5.33. The van der Waals surface area contributed by atoms with Gasteiger partial charge in [0, 0.05) is 24.1 Å². The zero-order valence-electron chi connectivity index (χ0n) is 15.7. The van der Waals surface area contributed by atoms with Crippen LogP contribution >= 0.6 is 0 Å². The number of amides is 1. The van der Waals surface area contributed by atoms with Crippen LogP contribution in [0.4, 0.5) is 0 Å². The fraction of sp³-hybridized carbons (Fsp3) is 0.400. The summed E-state index contributed by atoms with van der Waals surface area (Å²) in [6, 6.07) is 3.58. The van der Waals surface area contributed by atoms with Crippen molar-refractivity contribution in [2.75, 3.05) is 13.1 Å². The molecule has 0 saturated carbocycles. The highest BCUT2D eigenvalue weighted by molar-refractivity contribution is 6.32. The van der Waals surface area contributed by atoms with Gasteiger partial charge in [0.15, 0.2) is 0 Å². The van der Waals surface area contributed by atoms with Crippen LogP contribution in [0.25, 0.3) is 6.08 Å². The maximum Gasteiger partial charge on any atom is 0.273 e. The first-order chi connectivity index (χ1) is 13.1. The SMILES string of the molecule is Cc1[nH]c(C=C2C(=O)NN=C2c2cccnn2)c(C)c1CN1CCCCC1. The van der Waals surface area contributed by atoms with E-state index in [9.17, 15) is 4.79 Å². The van der Waals surface area contributed by atoms with E-state index in [0.717, 1.165) is 31.0 Å². The Hall–Kier alpha value is -2.80. The minimum absolute atomic E-state index is 0.222. The lowest BCUT2D eigenvalue weighted by Crippen LogP contribution is -2.29. The molecule has 1 amide bonds. The summed E-state index contributed by atoms with van der Waals surface area (Å²) in [6.45, 7) is 7.48. The van der Waals surface area contributed by atoms with Crippen molar-refractivity contribution < 1.29 is 4.79 Å². The number of H-pyrrole nitrogens is 1. The van der Waals surface area contributed by atoms with Crippen LogP contribution in [0.3, 0.4) is 0 Å². The Bertz CT molecular complexity index is 906. The highest BCUT2D eigenvalue weighted by atomic mass is 16.2. The van der Waals surface area contributed by atoms with Gasteiger partial charge in [0.2, 0.25) is 0 Å². The number of nitrogens with zero attached hydrogens (tertiary/aromatic N) is 4. The molecule has 0 unspecified atom stereocenters. The Morgan fingerprint density at radius 1 is 1.22 bits per heavy atom. The van der Waals surface area contributed by atoms with Gasteiger partial charge in [0.25, 0.3) is 5.91 Å². The highest BCUT2D eigenvalue weighted by Gasteiger charge is 2.26. The molecule has 2 aromatic rings. The van der Waals surface area contributed by atoms with Crippen LogP contribution in [-0.4, -0.2) is 44.8 Å². The topological polar surface area (TPSA) is 86.3 Å². The molecule has 27 heavy (non-hydrogen) atoms. The standard InChI is InChI=1S/C20H24N6O/c1-13-16(12-26-9-4-3-5-10-26)14(2)22-18(13)11-15-19(24-25-20(15)27)17-7-6-8-21-23-17/h6-8,11,22H,3-5,9-10,12H2,1-2H3,(H,25,27). The van der Waals surface area contributed by atoms with E-state index in [1.165, 1.54) is 30.4 Å². The van der Waals surface area contributed by atoms with E-state index in [0.29, 0.717) is 17.0 Å². The summed E-state index contributed by atoms with van der Waals surface area (Å²) >= 11 is 0. The van der Waals surface area contributed by atoms with Crippen molar-refractivity contribution in [2.24, 2.45) is 5.10 Å². The van der Waals surface area contributed by atoms with Crippen molar-refractivity contribution in [3.8, 4) is 0 Å². The fourth-order valence-electron chi connectivity index (χ4n) is 3.77. The molecule has 0 radical (unpaired) electrons. The van der Waals surface area contributed by atoms with Gasteiger partial charge in [-0.2, -0.15) is 10.2 Å². The molecule has 2 N–H and O–H groups in total. The van der Waals surface area contributed by atoms with Crippen molar-refractivity contribution in [3.63, 3.8) is 0 Å². The Balaban J connectivity index is 1.64. The summed E-state index contributed by atoms with van der Waals surface area (Å²) in [5.74, 6) is -0.222. The molecule has 0 spiro atoms. The Morgan fingerprint density at radius 3 is 2.78 bits per heavy atom. The molecule has 2 aliphatic heterocycles. The minimum atomic E-state index is -0.222. The lowest BCUT2D eigenvalue weighted by Gasteiger charge is -2.26. The zero-order valence-corrected chi connectivity index (χ0v) is 15.7. The van der Waals surface area contributed by atoms with Crippen LogP contribution < -0.4 is 5.43 Å². The number of aromatic amines is 1. The number of carbonyl (C=O) groups is 1. The van der Waals surface area contributed by atoms with Crippen LogP contribution in [0, 0.1) is 13.8 Å². The summed E-state index contributed by atoms with van der Waals surface area (Å²) in [7, 11) is 0. The Kier molecular flexibility index (Phi) is 4.85. The van der Waals surface area contributed by atoms with Gasteiger partial charge >= 0.3 is 0 Å². The number of nitrogens with one attached hydrogen (secondary N) is 2. The lowest BCUT2D eigenvalue weighted by atomic mass is 10.0. The van der Waals surface area contributed by atoms with E-state index < -0.39 is 0 Å². The predicted molar refractivity (Wildman–Crippen MR) is 104 cm³/mol. The summed E-state index contributed by atoms with van der Waals surface area (Å²) in [5.41, 5.74) is 8.75. The average Bonchev–Trinajstić information content (AvgIpc) is 3.18. The number of carbonyl (C=O) groups excluding carboxylic acids is 1. The van der Waals surface area contributed by atoms with Gasteiger partial charge in [-0.15, -0.1) is 5.10 Å². The number of piperidine rings is 1. The molecule has 140 valence electrons. The number of likely N-dealkylation sites (tertiary alicyclic amines) is 1. The Morgan fingerprint density at radius 2 is 2.04 bits per heavy atom. The van der Waals surface area contributed by atoms with Crippen LogP contribution in [0.5, 0.6) is 0 Å². The fourth-order valence-corrected chi connectivity index (χ4v) is 3.77. The lowest BCUT2D eigenvalue weighted by molar-refractivity contribution is -0.116. The second-order valence-corrected chi connectivity index (χ2v) is 7.17. The molecule has 2 aliphatic rings. The van der Waals surface area contributed by atoms with Crippen molar-refractivity contribution >= 4 is 17.7 Å². The maximum absolute atomic E-state index is 12.3. The number of rotatable bonds is 4. The first-order valence-corrected chi connectivity index (χ1v) is 9.42. The first-order valence-electron chi connectivity index (χ1n) is 9.42. The summed E-state index contributed by atoms with van der Waals surface area (Å²) in [4.78, 5) is 18.3. The first kappa shape index (κ1) is 17.6. The quantitative estimate of drug-likeness (QED) is 0.815. The van der Waals surface area contributed by atoms with Gasteiger partial charge in [0.05, 0.1) is 5.57 Å². The van der Waals surface area contributed by atoms with E-state index in [1.54, 1.807) is 18.3 Å². The van der Waals surface area contributed by atoms with E-state index >= 15 is 0 Å². The molecule has 4 heterocycles. The predicted octanol–water partition coefficient (Wildman–Crippen LogP) is 2.32. The zero-order chi connectivity index (χ0) is 18.8. The molecule has 1 fully saturated rings. The second-order valence-electron chi connectivity index (χ2n) is 7.17. The van der Waals surface area contributed by atoms with Gasteiger partial charge in [-0.25, -0.2) is 5.43 Å². The second kappa shape index (κ2) is 7.44. The molecule has 4 rings (SSSR count). The maximum atomic E-state index is 12.3. The third kappa shape index (κ3) is 3.55. The average molecular weight is 364 g/mol. The molecular formula is C20H24N6O. The third-order valence-electron chi connectivity index (χ3n) is 5.33. The number of aromatic nitrogens is 3. The van der Waals surface area contributed by atoms with Crippen molar-refractivity contribution in [3.05, 3.63) is 52.1 Å². The number of hydrazone groups is 1. The van der Waals surface area contributed by atoms with E-state index in [-0.39, 0.29) is 5.91 Å². The largest absolute Gasteiger partial charge is 0.359 e. The monoisotopic (exact) mass is 364 g/mol. The summed E-state index contributed by atoms with van der Waals surface area (Å²) < 4.78 is 0. The van der Waals surface area contributed by atoms with Crippen molar-refractivity contribution in [1.29, 1.82) is 0 Å². The number of hydrogen-bond acceptors (Lipinski definition) is 5. The van der Waals surface area contributed by atoms with Gasteiger partial charge in [-0.3, -0.25) is 9.69 Å². The molecule has 0 aliphatic carbocycles. The summed E-state index contributed by atoms with van der Waals surface area (Å²) in [6.07, 6.45) is 7.36. The minimum Gasteiger partial charge on any atom is -0.359 e. The Labute approximate surface area is 158 Å². The number of aryl methyl sites for hydroxylation is 1. The van der Waals surface area contributed by atoms with Gasteiger partial charge in [-0.05, 0) is 69.1 Å². The molecular weight excluding hydrogens is 340 g/mol.